The van der Waals surface area contributed by atoms with E-state index in [1.54, 1.807) is 41.3 Å². The van der Waals surface area contributed by atoms with Gasteiger partial charge >= 0.3 is 0 Å². The lowest BCUT2D eigenvalue weighted by Crippen LogP contribution is -2.23. The average molecular weight is 478 g/mol. The second-order valence-corrected chi connectivity index (χ2v) is 8.96. The maximum atomic E-state index is 12.7. The Bertz CT molecular complexity index is 1350. The number of nitrogens with zero attached hydrogens (tertiary/aromatic N) is 3. The number of nitrogens with one attached hydrogen (secondary N) is 2. The molecular formula is C24H23N5O4S. The van der Waals surface area contributed by atoms with Gasteiger partial charge in [0.15, 0.2) is 0 Å². The Hall–Kier alpha value is -4.18. The first kappa shape index (κ1) is 23.0. The van der Waals surface area contributed by atoms with E-state index in [0.717, 1.165) is 11.3 Å². The molecule has 4 aromatic rings. The van der Waals surface area contributed by atoms with Crippen molar-refractivity contribution in [2.75, 3.05) is 11.3 Å². The van der Waals surface area contributed by atoms with Crippen molar-refractivity contribution in [2.24, 2.45) is 0 Å². The topological polar surface area (TPSA) is 115 Å². The lowest BCUT2D eigenvalue weighted by Gasteiger charge is -2.11. The van der Waals surface area contributed by atoms with Gasteiger partial charge in [-0.2, -0.15) is 5.10 Å². The van der Waals surface area contributed by atoms with Crippen LogP contribution in [0.3, 0.4) is 0 Å². The molecule has 0 atom stereocenters. The average Bonchev–Trinajstić information content (AvgIpc) is 3.38. The molecule has 4 rings (SSSR count). The molecule has 0 spiro atoms. The first-order valence-corrected chi connectivity index (χ1v) is 12.0. The number of ether oxygens (including phenoxy) is 1. The van der Waals surface area contributed by atoms with Gasteiger partial charge in [-0.25, -0.2) is 18.1 Å². The van der Waals surface area contributed by atoms with E-state index >= 15 is 0 Å². The van der Waals surface area contributed by atoms with Gasteiger partial charge in [0.1, 0.15) is 18.4 Å². The van der Waals surface area contributed by atoms with Crippen LogP contribution in [0.2, 0.25) is 0 Å². The fourth-order valence-electron chi connectivity index (χ4n) is 3.21. The van der Waals surface area contributed by atoms with Crippen LogP contribution in [0.15, 0.2) is 90.3 Å². The van der Waals surface area contributed by atoms with E-state index in [4.69, 9.17) is 4.74 Å². The largest absolute Gasteiger partial charge is 0.494 e. The number of rotatable bonds is 9. The number of aromatic nitrogens is 3. The van der Waals surface area contributed by atoms with Crippen LogP contribution < -0.4 is 14.8 Å². The lowest BCUT2D eigenvalue weighted by molar-refractivity contribution is 0.0951. The number of benzene rings is 3. The van der Waals surface area contributed by atoms with Crippen molar-refractivity contribution in [2.45, 2.75) is 18.4 Å². The summed E-state index contributed by atoms with van der Waals surface area (Å²) in [4.78, 5) is 16.6. The number of carbonyl (C=O) groups is 1. The van der Waals surface area contributed by atoms with Crippen LogP contribution >= 0.6 is 0 Å². The van der Waals surface area contributed by atoms with Crippen LogP contribution in [-0.2, 0) is 16.6 Å². The Morgan fingerprint density at radius 1 is 1.03 bits per heavy atom. The fraction of sp³-hybridized carbons (Fsp3) is 0.125. The van der Waals surface area contributed by atoms with Crippen molar-refractivity contribution in [1.82, 2.24) is 20.1 Å². The van der Waals surface area contributed by atoms with Gasteiger partial charge < -0.3 is 10.1 Å². The lowest BCUT2D eigenvalue weighted by atomic mass is 10.1. The smallest absolute Gasteiger partial charge is 0.261 e. The minimum absolute atomic E-state index is 0.0974. The molecule has 0 aliphatic rings. The highest BCUT2D eigenvalue weighted by Gasteiger charge is 2.15. The van der Waals surface area contributed by atoms with Gasteiger partial charge in [0.05, 0.1) is 17.2 Å². The van der Waals surface area contributed by atoms with E-state index < -0.39 is 10.0 Å². The molecular weight excluding hydrogens is 454 g/mol. The van der Waals surface area contributed by atoms with Crippen molar-refractivity contribution in [1.29, 1.82) is 0 Å². The van der Waals surface area contributed by atoms with Crippen LogP contribution in [0.4, 0.5) is 5.69 Å². The molecule has 0 unspecified atom stereocenters. The van der Waals surface area contributed by atoms with Crippen LogP contribution in [-0.4, -0.2) is 35.7 Å². The molecule has 0 saturated heterocycles. The van der Waals surface area contributed by atoms with Crippen molar-refractivity contribution in [3.63, 3.8) is 0 Å². The number of carbonyl (C=O) groups excluding carboxylic acids is 1. The third-order valence-corrected chi connectivity index (χ3v) is 6.29. The van der Waals surface area contributed by atoms with Crippen LogP contribution in [0, 0.1) is 0 Å². The summed E-state index contributed by atoms with van der Waals surface area (Å²) in [5.74, 6) is 0.274. The van der Waals surface area contributed by atoms with Crippen LogP contribution in [0.1, 0.15) is 22.8 Å². The van der Waals surface area contributed by atoms with E-state index in [-0.39, 0.29) is 10.8 Å². The number of sulfonamides is 1. The molecule has 0 fully saturated rings. The molecule has 10 heteroatoms. The van der Waals surface area contributed by atoms with E-state index in [0.29, 0.717) is 30.2 Å². The summed E-state index contributed by atoms with van der Waals surface area (Å²) < 4.78 is 34.9. The van der Waals surface area contributed by atoms with Gasteiger partial charge in [-0.1, -0.05) is 18.2 Å². The Kier molecular flexibility index (Phi) is 6.88. The normalized spacial score (nSPS) is 11.1. The number of anilines is 1. The molecule has 0 aliphatic heterocycles. The summed E-state index contributed by atoms with van der Waals surface area (Å²) in [6.07, 6.45) is 3.06. The third-order valence-electron chi connectivity index (χ3n) is 4.89. The van der Waals surface area contributed by atoms with Gasteiger partial charge in [-0.3, -0.25) is 9.52 Å². The van der Waals surface area contributed by atoms with E-state index in [2.05, 4.69) is 20.1 Å². The Balaban J connectivity index is 1.39. The van der Waals surface area contributed by atoms with E-state index in [1.165, 1.54) is 24.5 Å². The SMILES string of the molecule is CCOc1ccc(S(=O)(=O)Nc2cccc(C(=O)NCc3ccc(-n4cncn4)cc3)c2)cc1. The Morgan fingerprint density at radius 3 is 2.47 bits per heavy atom. The second-order valence-electron chi connectivity index (χ2n) is 7.28. The van der Waals surface area contributed by atoms with Crippen molar-refractivity contribution in [3.8, 4) is 11.4 Å². The maximum absolute atomic E-state index is 12.7. The van der Waals surface area contributed by atoms with Crippen molar-refractivity contribution >= 4 is 21.6 Å². The summed E-state index contributed by atoms with van der Waals surface area (Å²) >= 11 is 0. The first-order valence-electron chi connectivity index (χ1n) is 10.5. The molecule has 34 heavy (non-hydrogen) atoms. The molecule has 2 N–H and O–H groups in total. The van der Waals surface area contributed by atoms with Crippen molar-refractivity contribution in [3.05, 3.63) is 96.6 Å². The minimum Gasteiger partial charge on any atom is -0.494 e. The third kappa shape index (κ3) is 5.59. The molecule has 1 aromatic heterocycles. The highest BCUT2D eigenvalue weighted by atomic mass is 32.2. The highest BCUT2D eigenvalue weighted by molar-refractivity contribution is 7.92. The zero-order valence-corrected chi connectivity index (χ0v) is 19.2. The monoisotopic (exact) mass is 477 g/mol. The minimum atomic E-state index is -3.81. The van der Waals surface area contributed by atoms with Gasteiger partial charge in [-0.15, -0.1) is 0 Å². The quantitative estimate of drug-likeness (QED) is 0.382. The molecule has 1 amide bonds. The Morgan fingerprint density at radius 2 is 1.79 bits per heavy atom. The number of hydrogen-bond donors (Lipinski definition) is 2. The molecule has 1 heterocycles. The maximum Gasteiger partial charge on any atom is 0.261 e. The number of hydrogen-bond acceptors (Lipinski definition) is 6. The van der Waals surface area contributed by atoms with Crippen molar-refractivity contribution < 1.29 is 17.9 Å². The summed E-state index contributed by atoms with van der Waals surface area (Å²) in [6.45, 7) is 2.66. The predicted molar refractivity (Wildman–Crippen MR) is 127 cm³/mol. The van der Waals surface area contributed by atoms with Crippen LogP contribution in [0.5, 0.6) is 5.75 Å². The molecule has 3 aromatic carbocycles. The molecule has 0 radical (unpaired) electrons. The highest BCUT2D eigenvalue weighted by Crippen LogP contribution is 2.20. The molecule has 0 bridgehead atoms. The summed E-state index contributed by atoms with van der Waals surface area (Å²) in [6, 6.07) is 20.0. The van der Waals surface area contributed by atoms with Gasteiger partial charge in [-0.05, 0) is 67.1 Å². The van der Waals surface area contributed by atoms with Gasteiger partial charge in [0.25, 0.3) is 15.9 Å². The standard InChI is InChI=1S/C24H23N5O4S/c1-2-33-22-10-12-23(13-11-22)34(31,32)28-20-5-3-4-19(14-20)24(30)26-15-18-6-8-21(9-7-18)29-17-25-16-27-29/h3-14,16-17,28H,2,15H2,1H3,(H,26,30). The molecule has 0 saturated carbocycles. The number of amides is 1. The van der Waals surface area contributed by atoms with Gasteiger partial charge in [0, 0.05) is 17.8 Å². The summed E-state index contributed by atoms with van der Waals surface area (Å²) in [5.41, 5.74) is 2.40. The van der Waals surface area contributed by atoms with Crippen LogP contribution in [0.25, 0.3) is 5.69 Å². The fourth-order valence-corrected chi connectivity index (χ4v) is 4.26. The molecule has 9 nitrogen and oxygen atoms in total. The van der Waals surface area contributed by atoms with Gasteiger partial charge in [0.2, 0.25) is 0 Å². The second kappa shape index (κ2) is 10.2. The molecule has 0 aliphatic carbocycles. The predicted octanol–water partition coefficient (Wildman–Crippen LogP) is 3.40. The zero-order valence-electron chi connectivity index (χ0n) is 18.4. The summed E-state index contributed by atoms with van der Waals surface area (Å²) in [7, 11) is -3.81. The Labute approximate surface area is 197 Å². The molecule has 174 valence electrons. The van der Waals surface area contributed by atoms with E-state index in [1.807, 2.05) is 31.2 Å². The summed E-state index contributed by atoms with van der Waals surface area (Å²) in [5, 5.41) is 6.92. The first-order chi connectivity index (χ1) is 16.4. The van der Waals surface area contributed by atoms with E-state index in [9.17, 15) is 13.2 Å². The zero-order chi connectivity index (χ0) is 24.0.